The first kappa shape index (κ1) is 15.1. The van der Waals surface area contributed by atoms with Crippen LogP contribution in [-0.2, 0) is 10.0 Å². The Bertz CT molecular complexity index is 545. The van der Waals surface area contributed by atoms with Gasteiger partial charge in [-0.05, 0) is 38.1 Å². The zero-order chi connectivity index (χ0) is 13.6. The lowest BCUT2D eigenvalue weighted by Gasteiger charge is -2.06. The minimum absolute atomic E-state index is 0.268. The van der Waals surface area contributed by atoms with E-state index in [1.807, 2.05) is 32.1 Å². The average Bonchev–Trinajstić information content (AvgIpc) is 2.34. The summed E-state index contributed by atoms with van der Waals surface area (Å²) in [6.45, 7) is 4.10. The Morgan fingerprint density at radius 1 is 1.33 bits per heavy atom. The molecule has 0 saturated heterocycles. The molecule has 3 nitrogen and oxygen atoms in total. The number of benzene rings is 1. The number of nitrogens with one attached hydrogen (secondary N) is 1. The number of sulfonamides is 1. The molecule has 0 heterocycles. The van der Waals surface area contributed by atoms with E-state index in [2.05, 4.69) is 20.7 Å². The van der Waals surface area contributed by atoms with Crippen molar-refractivity contribution in [2.24, 2.45) is 0 Å². The maximum absolute atomic E-state index is 12.0. The van der Waals surface area contributed by atoms with Crippen molar-refractivity contribution in [2.75, 3.05) is 6.54 Å². The fourth-order valence-corrected chi connectivity index (χ4v) is 2.57. The summed E-state index contributed by atoms with van der Waals surface area (Å²) in [5.41, 5.74) is 0.953. The topological polar surface area (TPSA) is 46.2 Å². The smallest absolute Gasteiger partial charge is 0.207 e. The van der Waals surface area contributed by atoms with Gasteiger partial charge < -0.3 is 0 Å². The van der Waals surface area contributed by atoms with Crippen molar-refractivity contribution in [3.63, 3.8) is 0 Å². The highest BCUT2D eigenvalue weighted by Crippen LogP contribution is 2.14. The highest BCUT2D eigenvalue weighted by molar-refractivity contribution is 9.10. The molecule has 18 heavy (non-hydrogen) atoms. The first-order chi connectivity index (χ1) is 8.45. The zero-order valence-corrected chi connectivity index (χ0v) is 12.8. The van der Waals surface area contributed by atoms with Crippen LogP contribution in [-0.4, -0.2) is 15.0 Å². The molecule has 1 N–H and O–H groups in total. The molecule has 0 bridgehead atoms. The molecular formula is C13H16BrNO2S. The molecule has 0 amide bonds. The Morgan fingerprint density at radius 2 is 1.94 bits per heavy atom. The third-order valence-electron chi connectivity index (χ3n) is 2.24. The van der Waals surface area contributed by atoms with E-state index in [1.54, 1.807) is 24.3 Å². The van der Waals surface area contributed by atoms with Crippen LogP contribution in [0.1, 0.15) is 13.8 Å². The average molecular weight is 330 g/mol. The lowest BCUT2D eigenvalue weighted by molar-refractivity contribution is 0.584. The minimum atomic E-state index is -3.43. The number of allylic oxidation sites excluding steroid dienone is 3. The van der Waals surface area contributed by atoms with Crippen molar-refractivity contribution in [3.05, 3.63) is 52.5 Å². The number of hydrogen-bond donors (Lipinski definition) is 1. The predicted octanol–water partition coefficient (Wildman–Crippen LogP) is 3.25. The SMILES string of the molecule is C/C=C\C=C(/C)CNS(=O)(=O)c1ccc(Br)cc1. The Labute approximate surface area is 117 Å². The van der Waals surface area contributed by atoms with Crippen LogP contribution in [0.5, 0.6) is 0 Å². The fraction of sp³-hybridized carbons (Fsp3) is 0.231. The van der Waals surface area contributed by atoms with Crippen molar-refractivity contribution in [1.82, 2.24) is 4.72 Å². The van der Waals surface area contributed by atoms with Gasteiger partial charge in [0.1, 0.15) is 0 Å². The first-order valence-corrected chi connectivity index (χ1v) is 7.77. The van der Waals surface area contributed by atoms with Crippen LogP contribution in [0.4, 0.5) is 0 Å². The van der Waals surface area contributed by atoms with Crippen molar-refractivity contribution in [3.8, 4) is 0 Å². The van der Waals surface area contributed by atoms with Crippen LogP contribution < -0.4 is 4.72 Å². The van der Waals surface area contributed by atoms with Gasteiger partial charge in [-0.15, -0.1) is 0 Å². The first-order valence-electron chi connectivity index (χ1n) is 5.49. The molecule has 5 heteroatoms. The van der Waals surface area contributed by atoms with Crippen molar-refractivity contribution < 1.29 is 8.42 Å². The third kappa shape index (κ3) is 4.76. The Balaban J connectivity index is 2.74. The van der Waals surface area contributed by atoms with Crippen molar-refractivity contribution in [1.29, 1.82) is 0 Å². The van der Waals surface area contributed by atoms with E-state index in [-0.39, 0.29) is 4.90 Å². The molecule has 0 aliphatic heterocycles. The van der Waals surface area contributed by atoms with Gasteiger partial charge in [0.15, 0.2) is 0 Å². The van der Waals surface area contributed by atoms with Crippen LogP contribution >= 0.6 is 15.9 Å². The fourth-order valence-electron chi connectivity index (χ4n) is 1.23. The molecule has 1 aromatic rings. The molecule has 98 valence electrons. The second kappa shape index (κ2) is 6.87. The van der Waals surface area contributed by atoms with E-state index in [9.17, 15) is 8.42 Å². The molecular weight excluding hydrogens is 314 g/mol. The molecule has 0 radical (unpaired) electrons. The monoisotopic (exact) mass is 329 g/mol. The number of hydrogen-bond acceptors (Lipinski definition) is 2. The van der Waals surface area contributed by atoms with E-state index in [0.29, 0.717) is 6.54 Å². The molecule has 0 aliphatic rings. The van der Waals surface area contributed by atoms with Gasteiger partial charge in [-0.1, -0.05) is 39.7 Å². The lowest BCUT2D eigenvalue weighted by Crippen LogP contribution is -2.25. The predicted molar refractivity (Wildman–Crippen MR) is 77.9 cm³/mol. The molecule has 1 aromatic carbocycles. The quantitative estimate of drug-likeness (QED) is 0.843. The van der Waals surface area contributed by atoms with Gasteiger partial charge >= 0.3 is 0 Å². The molecule has 0 spiro atoms. The maximum Gasteiger partial charge on any atom is 0.240 e. The summed E-state index contributed by atoms with van der Waals surface area (Å²) in [5, 5.41) is 0. The van der Waals surface area contributed by atoms with Gasteiger partial charge in [-0.2, -0.15) is 0 Å². The van der Waals surface area contributed by atoms with Gasteiger partial charge in [0.2, 0.25) is 10.0 Å². The zero-order valence-electron chi connectivity index (χ0n) is 10.4. The summed E-state index contributed by atoms with van der Waals surface area (Å²) < 4.78 is 27.3. The van der Waals surface area contributed by atoms with Gasteiger partial charge in [0, 0.05) is 11.0 Å². The minimum Gasteiger partial charge on any atom is -0.207 e. The molecule has 0 fully saturated rings. The van der Waals surface area contributed by atoms with Crippen LogP contribution in [0, 0.1) is 0 Å². The van der Waals surface area contributed by atoms with Gasteiger partial charge in [-0.25, -0.2) is 13.1 Å². The highest BCUT2D eigenvalue weighted by Gasteiger charge is 2.12. The summed E-state index contributed by atoms with van der Waals surface area (Å²) in [5.74, 6) is 0. The van der Waals surface area contributed by atoms with E-state index in [1.165, 1.54) is 0 Å². The number of halogens is 1. The van der Waals surface area contributed by atoms with E-state index in [4.69, 9.17) is 0 Å². The lowest BCUT2D eigenvalue weighted by atomic mass is 10.3. The Morgan fingerprint density at radius 3 is 2.50 bits per heavy atom. The van der Waals surface area contributed by atoms with E-state index >= 15 is 0 Å². The van der Waals surface area contributed by atoms with E-state index < -0.39 is 10.0 Å². The summed E-state index contributed by atoms with van der Waals surface area (Å²) in [7, 11) is -3.43. The summed E-state index contributed by atoms with van der Waals surface area (Å²) >= 11 is 3.27. The molecule has 1 rings (SSSR count). The van der Waals surface area contributed by atoms with Crippen molar-refractivity contribution >= 4 is 26.0 Å². The summed E-state index contributed by atoms with van der Waals surface area (Å²) in [6, 6.07) is 6.54. The van der Waals surface area contributed by atoms with Gasteiger partial charge in [0.05, 0.1) is 4.90 Å². The second-order valence-corrected chi connectivity index (χ2v) is 6.50. The Kier molecular flexibility index (Phi) is 5.78. The standard InChI is InChI=1S/C13H16BrNO2S/c1-3-4-5-11(2)10-15-18(16,17)13-8-6-12(14)7-9-13/h3-9,15H,10H2,1-2H3/b4-3-,11-5+. The van der Waals surface area contributed by atoms with Crippen molar-refractivity contribution in [2.45, 2.75) is 18.7 Å². The molecule has 0 unspecified atom stereocenters. The van der Waals surface area contributed by atoms with Crippen LogP contribution in [0.2, 0.25) is 0 Å². The molecule has 0 aliphatic carbocycles. The Hall–Kier alpha value is -0.910. The molecule has 0 aromatic heterocycles. The largest absolute Gasteiger partial charge is 0.240 e. The number of rotatable bonds is 5. The van der Waals surface area contributed by atoms with Gasteiger partial charge in [-0.3, -0.25) is 0 Å². The highest BCUT2D eigenvalue weighted by atomic mass is 79.9. The maximum atomic E-state index is 12.0. The van der Waals surface area contributed by atoms with E-state index in [0.717, 1.165) is 10.0 Å². The molecule has 0 atom stereocenters. The normalized spacial score (nSPS) is 13.2. The third-order valence-corrected chi connectivity index (χ3v) is 4.18. The van der Waals surface area contributed by atoms with Gasteiger partial charge in [0.25, 0.3) is 0 Å². The summed E-state index contributed by atoms with van der Waals surface area (Å²) in [4.78, 5) is 0.268. The van der Waals surface area contributed by atoms with Crippen LogP contribution in [0.25, 0.3) is 0 Å². The summed E-state index contributed by atoms with van der Waals surface area (Å²) in [6.07, 6.45) is 5.65. The second-order valence-electron chi connectivity index (χ2n) is 3.82. The van der Waals surface area contributed by atoms with Crippen LogP contribution in [0.15, 0.2) is 57.4 Å². The van der Waals surface area contributed by atoms with Crippen LogP contribution in [0.3, 0.4) is 0 Å². The molecule has 0 saturated carbocycles.